The van der Waals surface area contributed by atoms with Gasteiger partial charge in [0, 0.05) is 6.42 Å². The smallest absolute Gasteiger partial charge is 0.402 e. The zero-order chi connectivity index (χ0) is 20.1. The number of ether oxygens (including phenoxy) is 1. The van der Waals surface area contributed by atoms with E-state index in [-0.39, 0.29) is 6.10 Å². The number of hydrogen-bond donors (Lipinski definition) is 2. The molecule has 3 N–H and O–H groups in total. The van der Waals surface area contributed by atoms with Crippen LogP contribution in [0.2, 0.25) is 0 Å². The first kappa shape index (κ1) is 20.3. The van der Waals surface area contributed by atoms with E-state index in [2.05, 4.69) is 15.0 Å². The summed E-state index contributed by atoms with van der Waals surface area (Å²) in [6, 6.07) is 8.47. The molecular weight excluding hydrogens is 381 g/mol. The van der Waals surface area contributed by atoms with Crippen LogP contribution in [0.15, 0.2) is 36.7 Å². The minimum Gasteiger partial charge on any atom is -0.423 e. The zero-order valence-corrected chi connectivity index (χ0v) is 16.7. The SMILES string of the molecule is CCCc1nc(N)c2ncn(C[C@@H](C)OCP(=O)(O)Oc3ccccc3)c2n1. The Labute approximate surface area is 163 Å². The number of aryl methyl sites for hydroxylation is 1. The average molecular weight is 405 g/mol. The third-order valence-electron chi connectivity index (χ3n) is 3.98. The van der Waals surface area contributed by atoms with Crippen molar-refractivity contribution >= 4 is 24.6 Å². The van der Waals surface area contributed by atoms with Crippen molar-refractivity contribution in [3.05, 3.63) is 42.5 Å². The van der Waals surface area contributed by atoms with E-state index >= 15 is 0 Å². The number of fused-ring (bicyclic) bond motifs is 1. The van der Waals surface area contributed by atoms with E-state index in [9.17, 15) is 9.46 Å². The Bertz CT molecular complexity index is 979. The van der Waals surface area contributed by atoms with Gasteiger partial charge in [-0.3, -0.25) is 0 Å². The first-order chi connectivity index (χ1) is 13.4. The summed E-state index contributed by atoms with van der Waals surface area (Å²) in [5, 5.41) is 0. The molecule has 9 nitrogen and oxygen atoms in total. The van der Waals surface area contributed by atoms with Crippen molar-refractivity contribution in [3.63, 3.8) is 0 Å². The molecule has 2 atom stereocenters. The lowest BCUT2D eigenvalue weighted by Crippen LogP contribution is -2.18. The van der Waals surface area contributed by atoms with E-state index in [1.165, 1.54) is 0 Å². The number of para-hydroxylation sites is 1. The Hall–Kier alpha value is -2.48. The number of anilines is 1. The molecule has 0 amide bonds. The topological polar surface area (TPSA) is 125 Å². The van der Waals surface area contributed by atoms with Crippen molar-refractivity contribution < 1.29 is 18.7 Å². The van der Waals surface area contributed by atoms with Crippen LogP contribution >= 0.6 is 7.60 Å². The van der Waals surface area contributed by atoms with Gasteiger partial charge in [0.15, 0.2) is 17.8 Å². The molecule has 10 heteroatoms. The van der Waals surface area contributed by atoms with Gasteiger partial charge in [-0.1, -0.05) is 25.1 Å². The van der Waals surface area contributed by atoms with Crippen LogP contribution in [0.3, 0.4) is 0 Å². The molecule has 0 fully saturated rings. The number of aromatic nitrogens is 4. The van der Waals surface area contributed by atoms with Crippen LogP contribution < -0.4 is 10.3 Å². The van der Waals surface area contributed by atoms with E-state index in [1.807, 2.05) is 6.92 Å². The largest absolute Gasteiger partial charge is 0.423 e. The Balaban J connectivity index is 1.64. The lowest BCUT2D eigenvalue weighted by atomic mass is 10.3. The van der Waals surface area contributed by atoms with Crippen LogP contribution in [-0.4, -0.2) is 36.9 Å². The fraction of sp³-hybridized carbons (Fsp3) is 0.389. The lowest BCUT2D eigenvalue weighted by molar-refractivity contribution is 0.0772. The Morgan fingerprint density at radius 3 is 2.75 bits per heavy atom. The highest BCUT2D eigenvalue weighted by molar-refractivity contribution is 7.53. The summed E-state index contributed by atoms with van der Waals surface area (Å²) in [5.41, 5.74) is 7.13. The van der Waals surface area contributed by atoms with Gasteiger partial charge in [-0.2, -0.15) is 0 Å². The van der Waals surface area contributed by atoms with Gasteiger partial charge in [0.1, 0.15) is 17.1 Å². The second-order valence-corrected chi connectivity index (χ2v) is 8.21. The number of imidazole rings is 1. The van der Waals surface area contributed by atoms with Gasteiger partial charge in [-0.05, 0) is 25.5 Å². The molecule has 150 valence electrons. The number of rotatable bonds is 9. The molecule has 0 radical (unpaired) electrons. The van der Waals surface area contributed by atoms with Gasteiger partial charge >= 0.3 is 7.60 Å². The predicted octanol–water partition coefficient (Wildman–Crippen LogP) is 2.99. The quantitative estimate of drug-likeness (QED) is 0.521. The summed E-state index contributed by atoms with van der Waals surface area (Å²) in [6.45, 7) is 4.23. The van der Waals surface area contributed by atoms with Crippen molar-refractivity contribution in [1.82, 2.24) is 19.5 Å². The first-order valence-corrected chi connectivity index (χ1v) is 10.8. The summed E-state index contributed by atoms with van der Waals surface area (Å²) in [7, 11) is -3.92. The Morgan fingerprint density at radius 2 is 2.04 bits per heavy atom. The number of nitrogens with two attached hydrogens (primary N) is 1. The van der Waals surface area contributed by atoms with Crippen LogP contribution in [0.4, 0.5) is 5.82 Å². The minimum absolute atomic E-state index is 0.320. The summed E-state index contributed by atoms with van der Waals surface area (Å²) in [5.74, 6) is 1.33. The molecule has 2 heterocycles. The maximum absolute atomic E-state index is 12.2. The van der Waals surface area contributed by atoms with Gasteiger partial charge in [-0.15, -0.1) is 0 Å². The van der Waals surface area contributed by atoms with Crippen molar-refractivity contribution in [1.29, 1.82) is 0 Å². The molecule has 0 spiro atoms. The van der Waals surface area contributed by atoms with E-state index < -0.39 is 13.9 Å². The van der Waals surface area contributed by atoms with Gasteiger partial charge in [-0.25, -0.2) is 19.5 Å². The summed E-state index contributed by atoms with van der Waals surface area (Å²) < 4.78 is 24.7. The van der Waals surface area contributed by atoms with Gasteiger partial charge in [0.25, 0.3) is 0 Å². The van der Waals surface area contributed by atoms with Crippen LogP contribution in [0.5, 0.6) is 5.75 Å². The van der Waals surface area contributed by atoms with Crippen molar-refractivity contribution in [2.24, 2.45) is 0 Å². The molecule has 3 aromatic rings. The highest BCUT2D eigenvalue weighted by Gasteiger charge is 2.23. The molecule has 0 bridgehead atoms. The summed E-state index contributed by atoms with van der Waals surface area (Å²) in [6.07, 6.45) is 2.45. The first-order valence-electron chi connectivity index (χ1n) is 9.03. The van der Waals surface area contributed by atoms with Crippen LogP contribution in [-0.2, 0) is 22.3 Å². The Morgan fingerprint density at radius 1 is 1.29 bits per heavy atom. The van der Waals surface area contributed by atoms with Gasteiger partial charge in [0.05, 0.1) is 19.0 Å². The molecule has 0 saturated heterocycles. The number of benzene rings is 1. The molecule has 2 aromatic heterocycles. The fourth-order valence-electron chi connectivity index (χ4n) is 2.71. The second-order valence-electron chi connectivity index (χ2n) is 6.49. The maximum Gasteiger partial charge on any atom is 0.402 e. The monoisotopic (exact) mass is 405 g/mol. The molecule has 1 unspecified atom stereocenters. The average Bonchev–Trinajstić information content (AvgIpc) is 3.04. The molecular formula is C18H24N5O4P. The van der Waals surface area contributed by atoms with Gasteiger partial charge in [0.2, 0.25) is 0 Å². The highest BCUT2D eigenvalue weighted by atomic mass is 31.2. The molecule has 28 heavy (non-hydrogen) atoms. The molecule has 0 aliphatic carbocycles. The number of nitrogen functional groups attached to an aromatic ring is 1. The van der Waals surface area contributed by atoms with E-state index in [0.29, 0.717) is 35.1 Å². The molecule has 0 saturated carbocycles. The minimum atomic E-state index is -3.92. The van der Waals surface area contributed by atoms with Crippen LogP contribution in [0, 0.1) is 0 Å². The molecule has 0 aliphatic heterocycles. The third kappa shape index (κ3) is 5.07. The molecule has 1 aromatic carbocycles. The van der Waals surface area contributed by atoms with Crippen molar-refractivity contribution in [2.75, 3.05) is 12.1 Å². The number of nitrogens with zero attached hydrogens (tertiary/aromatic N) is 4. The predicted molar refractivity (Wildman–Crippen MR) is 106 cm³/mol. The van der Waals surface area contributed by atoms with E-state index in [0.717, 1.165) is 12.8 Å². The zero-order valence-electron chi connectivity index (χ0n) is 15.9. The van der Waals surface area contributed by atoms with Crippen LogP contribution in [0.25, 0.3) is 11.2 Å². The van der Waals surface area contributed by atoms with Crippen molar-refractivity contribution in [3.8, 4) is 5.75 Å². The van der Waals surface area contributed by atoms with Gasteiger partial charge < -0.3 is 24.5 Å². The normalized spacial score (nSPS) is 14.7. The van der Waals surface area contributed by atoms with Crippen molar-refractivity contribution in [2.45, 2.75) is 39.3 Å². The highest BCUT2D eigenvalue weighted by Crippen LogP contribution is 2.42. The van der Waals surface area contributed by atoms with E-state index in [4.69, 9.17) is 15.0 Å². The van der Waals surface area contributed by atoms with Crippen LogP contribution in [0.1, 0.15) is 26.1 Å². The standard InChI is InChI=1S/C18H24N5O4P/c1-3-7-15-21-17(19)16-18(22-15)23(11-20-16)10-13(2)26-12-28(24,25)27-14-8-5-4-6-9-14/h4-6,8-9,11,13H,3,7,10,12H2,1-2H3,(H,24,25)(H2,19,21,22)/t13-/m1/s1. The third-order valence-corrected chi connectivity index (χ3v) is 4.95. The molecule has 3 rings (SSSR count). The maximum atomic E-state index is 12.2. The Kier molecular flexibility index (Phi) is 6.28. The lowest BCUT2D eigenvalue weighted by Gasteiger charge is -2.18. The summed E-state index contributed by atoms with van der Waals surface area (Å²) >= 11 is 0. The fourth-order valence-corrected chi connectivity index (χ4v) is 3.65. The molecule has 0 aliphatic rings. The number of hydrogen-bond acceptors (Lipinski definition) is 7. The summed E-state index contributed by atoms with van der Waals surface area (Å²) in [4.78, 5) is 23.1. The van der Waals surface area contributed by atoms with E-state index in [1.54, 1.807) is 48.1 Å². The second kappa shape index (κ2) is 8.68.